The first-order chi connectivity index (χ1) is 27.6. The van der Waals surface area contributed by atoms with Crippen LogP contribution in [-0.4, -0.2) is 73.3 Å². The minimum atomic E-state index is -2.96. The average Bonchev–Trinajstić information content (AvgIpc) is 3.62. The minimum Gasteiger partial charge on any atom is -0.444 e. The topological polar surface area (TPSA) is 193 Å². The Bertz CT molecular complexity index is 2370. The van der Waals surface area contributed by atoms with Gasteiger partial charge >= 0.3 is 0 Å². The van der Waals surface area contributed by atoms with Crippen molar-refractivity contribution in [2.75, 3.05) is 23.7 Å². The lowest BCUT2D eigenvalue weighted by Gasteiger charge is -2.27. The fourth-order valence-electron chi connectivity index (χ4n) is 6.80. The van der Waals surface area contributed by atoms with E-state index in [1.165, 1.54) is 30.0 Å². The van der Waals surface area contributed by atoms with Crippen molar-refractivity contribution in [3.63, 3.8) is 0 Å². The molecular weight excluding hydrogens is 740 g/mol. The predicted molar refractivity (Wildman–Crippen MR) is 201 cm³/mol. The normalized spacial score (nSPS) is 16.6. The zero-order chi connectivity index (χ0) is 39.6. The number of rotatable bonds is 15. The Labute approximate surface area is 324 Å². The molecular formula is C40H37F2N9O6. The number of pyridine rings is 1. The van der Waals surface area contributed by atoms with E-state index in [9.17, 15) is 32.8 Å². The van der Waals surface area contributed by atoms with Crippen molar-refractivity contribution in [1.82, 2.24) is 35.3 Å². The van der Waals surface area contributed by atoms with Crippen LogP contribution in [0.1, 0.15) is 86.6 Å². The quantitative estimate of drug-likeness (QED) is 0.0821. The van der Waals surface area contributed by atoms with Crippen LogP contribution < -0.4 is 21.3 Å². The Hall–Kier alpha value is -6.62. The molecule has 1 atom stereocenters. The summed E-state index contributed by atoms with van der Waals surface area (Å²) in [5.74, 6) is -1.38. The number of fused-ring (bicyclic) bond motifs is 1. The van der Waals surface area contributed by atoms with Gasteiger partial charge in [-0.2, -0.15) is 5.10 Å². The number of hydrogen-bond acceptors (Lipinski definition) is 11. The van der Waals surface area contributed by atoms with Crippen LogP contribution in [0, 0.1) is 5.92 Å². The molecule has 1 unspecified atom stereocenters. The molecule has 5 aromatic rings. The SMILES string of the molecule is O=C1CCC(N2C(=O)c3ccc(CCCNCc4ccc(-n5cc(NC(=O)c6coc(-c7ccnc(NCC8CC8)c7)n6)c(C(F)F)n5)cc4)cc3C2=O)C(=O)N1. The highest BCUT2D eigenvalue weighted by Crippen LogP contribution is 2.31. The summed E-state index contributed by atoms with van der Waals surface area (Å²) in [6, 6.07) is 14.7. The van der Waals surface area contributed by atoms with Crippen LogP contribution in [-0.2, 0) is 22.6 Å². The van der Waals surface area contributed by atoms with E-state index in [1.807, 2.05) is 12.1 Å². The predicted octanol–water partition coefficient (Wildman–Crippen LogP) is 5.06. The standard InChI is InChI=1S/C40H37F2N9O6/c41-35(42)34-29(46-36(53)30-21-57-38(47-30)25-13-15-44-32(17-25)45-19-24-3-4-24)20-50(49-34)26-8-5-23(6-9-26)18-43-14-1-2-22-7-10-27-28(16-22)40(56)51(39(27)55)31-11-12-33(52)48-37(31)54/h5-10,13,15-17,20-21,24,31,35,43H,1-4,11-12,14,18-19H2,(H,44,45)(H,46,53)(H,48,52,54). The number of halogens is 2. The van der Waals surface area contributed by atoms with Crippen LogP contribution in [0.25, 0.3) is 17.1 Å². The fraction of sp³-hybridized carbons (Fsp3) is 0.300. The molecule has 1 saturated heterocycles. The van der Waals surface area contributed by atoms with Gasteiger partial charge in [-0.1, -0.05) is 18.2 Å². The summed E-state index contributed by atoms with van der Waals surface area (Å²) in [7, 11) is 0. The van der Waals surface area contributed by atoms with Crippen molar-refractivity contribution < 1.29 is 37.2 Å². The smallest absolute Gasteiger partial charge is 0.284 e. The number of amides is 5. The van der Waals surface area contributed by atoms with E-state index in [1.54, 1.807) is 48.7 Å². The number of alkyl halides is 2. The lowest BCUT2D eigenvalue weighted by molar-refractivity contribution is -0.136. The Morgan fingerprint density at radius 3 is 2.53 bits per heavy atom. The van der Waals surface area contributed by atoms with E-state index in [-0.39, 0.29) is 41.2 Å². The molecule has 17 heteroatoms. The van der Waals surface area contributed by atoms with Gasteiger partial charge in [-0.3, -0.25) is 34.2 Å². The Kier molecular flexibility index (Phi) is 10.4. The Morgan fingerprint density at radius 1 is 0.965 bits per heavy atom. The van der Waals surface area contributed by atoms with Crippen LogP contribution in [0.3, 0.4) is 0 Å². The summed E-state index contributed by atoms with van der Waals surface area (Å²) in [6.07, 6.45) is 5.05. The highest BCUT2D eigenvalue weighted by Gasteiger charge is 2.44. The molecule has 0 radical (unpaired) electrons. The largest absolute Gasteiger partial charge is 0.444 e. The van der Waals surface area contributed by atoms with Gasteiger partial charge in [0.05, 0.1) is 28.7 Å². The third-order valence-corrected chi connectivity index (χ3v) is 10.1. The molecule has 1 aliphatic carbocycles. The fourth-order valence-corrected chi connectivity index (χ4v) is 6.80. The second-order valence-corrected chi connectivity index (χ2v) is 14.2. The molecule has 292 valence electrons. The molecule has 0 bridgehead atoms. The van der Waals surface area contributed by atoms with Crippen LogP contribution in [0.15, 0.2) is 77.7 Å². The number of carbonyl (C=O) groups excluding carboxylic acids is 5. The summed E-state index contributed by atoms with van der Waals surface area (Å²) in [5, 5.41) is 15.4. The lowest BCUT2D eigenvalue weighted by Crippen LogP contribution is -2.54. The number of carbonyl (C=O) groups is 5. The van der Waals surface area contributed by atoms with Gasteiger partial charge in [0.15, 0.2) is 11.4 Å². The second-order valence-electron chi connectivity index (χ2n) is 14.2. The van der Waals surface area contributed by atoms with Crippen LogP contribution in [0.4, 0.5) is 20.3 Å². The molecule has 8 rings (SSSR count). The number of piperidine rings is 1. The average molecular weight is 778 g/mol. The van der Waals surface area contributed by atoms with Crippen LogP contribution >= 0.6 is 0 Å². The van der Waals surface area contributed by atoms with E-state index in [2.05, 4.69) is 36.3 Å². The third kappa shape index (κ3) is 8.18. The number of aromatic nitrogens is 4. The summed E-state index contributed by atoms with van der Waals surface area (Å²) >= 11 is 0. The van der Waals surface area contributed by atoms with E-state index < -0.39 is 47.7 Å². The lowest BCUT2D eigenvalue weighted by atomic mass is 10.0. The maximum absolute atomic E-state index is 14.0. The molecule has 3 aliphatic rings. The molecule has 5 amide bonds. The molecule has 2 aromatic carbocycles. The number of oxazole rings is 1. The van der Waals surface area contributed by atoms with Gasteiger partial charge < -0.3 is 20.4 Å². The molecule has 15 nitrogen and oxygen atoms in total. The maximum atomic E-state index is 14.0. The molecule has 1 saturated carbocycles. The van der Waals surface area contributed by atoms with Crippen molar-refractivity contribution in [2.24, 2.45) is 5.92 Å². The second kappa shape index (κ2) is 15.9. The monoisotopic (exact) mass is 777 g/mol. The number of hydrogen-bond donors (Lipinski definition) is 4. The molecule has 0 spiro atoms. The van der Waals surface area contributed by atoms with Crippen molar-refractivity contribution in [3.05, 3.63) is 107 Å². The highest BCUT2D eigenvalue weighted by atomic mass is 19.3. The molecule has 2 aliphatic heterocycles. The van der Waals surface area contributed by atoms with Gasteiger partial charge in [-0.25, -0.2) is 23.4 Å². The first-order valence-corrected chi connectivity index (χ1v) is 18.6. The van der Waals surface area contributed by atoms with E-state index in [0.29, 0.717) is 42.5 Å². The number of imide groups is 2. The Morgan fingerprint density at radius 2 is 1.75 bits per heavy atom. The van der Waals surface area contributed by atoms with E-state index in [0.717, 1.165) is 29.0 Å². The van der Waals surface area contributed by atoms with Gasteiger partial charge in [-0.05, 0) is 92.1 Å². The summed E-state index contributed by atoms with van der Waals surface area (Å²) in [6.45, 7) is 1.99. The zero-order valence-corrected chi connectivity index (χ0v) is 30.5. The van der Waals surface area contributed by atoms with Gasteiger partial charge in [0.25, 0.3) is 24.1 Å². The number of aryl methyl sites for hydroxylation is 1. The molecule has 5 heterocycles. The number of anilines is 2. The third-order valence-electron chi connectivity index (χ3n) is 10.1. The van der Waals surface area contributed by atoms with Crippen molar-refractivity contribution in [1.29, 1.82) is 0 Å². The van der Waals surface area contributed by atoms with E-state index >= 15 is 0 Å². The van der Waals surface area contributed by atoms with Gasteiger partial charge in [0.1, 0.15) is 18.1 Å². The van der Waals surface area contributed by atoms with Crippen molar-refractivity contribution in [3.8, 4) is 17.1 Å². The summed E-state index contributed by atoms with van der Waals surface area (Å²) in [4.78, 5) is 72.5. The Balaban J connectivity index is 0.829. The highest BCUT2D eigenvalue weighted by molar-refractivity contribution is 6.23. The first-order valence-electron chi connectivity index (χ1n) is 18.6. The van der Waals surface area contributed by atoms with Gasteiger partial charge in [0.2, 0.25) is 17.7 Å². The molecule has 2 fully saturated rings. The summed E-state index contributed by atoms with van der Waals surface area (Å²) < 4.78 is 34.9. The van der Waals surface area contributed by atoms with Crippen LogP contribution in [0.2, 0.25) is 0 Å². The summed E-state index contributed by atoms with van der Waals surface area (Å²) in [5.41, 5.74) is 2.57. The van der Waals surface area contributed by atoms with Gasteiger partial charge in [-0.15, -0.1) is 0 Å². The zero-order valence-electron chi connectivity index (χ0n) is 30.5. The number of nitrogens with zero attached hydrogens (tertiary/aromatic N) is 5. The van der Waals surface area contributed by atoms with Crippen LogP contribution in [0.5, 0.6) is 0 Å². The maximum Gasteiger partial charge on any atom is 0.284 e. The van der Waals surface area contributed by atoms with E-state index in [4.69, 9.17) is 4.42 Å². The minimum absolute atomic E-state index is 0.0573. The van der Waals surface area contributed by atoms with Gasteiger partial charge in [0, 0.05) is 31.3 Å². The van der Waals surface area contributed by atoms with Crippen molar-refractivity contribution >= 4 is 41.0 Å². The first kappa shape index (κ1) is 37.3. The van der Waals surface area contributed by atoms with Crippen molar-refractivity contribution in [2.45, 2.75) is 57.5 Å². The molecule has 4 N–H and O–H groups in total. The molecule has 3 aromatic heterocycles. The number of nitrogens with one attached hydrogen (secondary N) is 4. The molecule has 57 heavy (non-hydrogen) atoms. The number of benzene rings is 2.